The first-order chi connectivity index (χ1) is 14.9. The second-order valence-corrected chi connectivity index (χ2v) is 8.98. The molecule has 0 atom stereocenters. The molecule has 3 aromatic carbocycles. The fourth-order valence-electron chi connectivity index (χ4n) is 3.44. The third-order valence-corrected chi connectivity index (χ3v) is 6.38. The Labute approximate surface area is 181 Å². The molecule has 31 heavy (non-hydrogen) atoms. The van der Waals surface area contributed by atoms with Crippen LogP contribution in [0.1, 0.15) is 17.5 Å². The van der Waals surface area contributed by atoms with Crippen molar-refractivity contribution in [2.24, 2.45) is 0 Å². The standard InChI is InChI=1S/C25H22O5S/c1-18-9-12-21(13-10-18)31(27,28)29-15-5-6-19-11-14-22-23(20-7-3-2-4-8-20)17-25(26)30-24(22)16-19/h2-4,7-14,16-17H,5-6,15H2,1H3. The number of hydrogen-bond donors (Lipinski definition) is 0. The zero-order valence-corrected chi connectivity index (χ0v) is 17.9. The van der Waals surface area contributed by atoms with E-state index in [1.807, 2.05) is 55.5 Å². The fourth-order valence-corrected chi connectivity index (χ4v) is 4.38. The molecule has 0 N–H and O–H groups in total. The third-order valence-electron chi connectivity index (χ3n) is 5.05. The fraction of sp³-hybridized carbons (Fsp3) is 0.160. The predicted octanol–water partition coefficient (Wildman–Crippen LogP) is 5.11. The van der Waals surface area contributed by atoms with Gasteiger partial charge in [-0.1, -0.05) is 60.2 Å². The number of aryl methyl sites for hydroxylation is 2. The van der Waals surface area contributed by atoms with Gasteiger partial charge in [0.15, 0.2) is 0 Å². The molecule has 5 nitrogen and oxygen atoms in total. The second-order valence-electron chi connectivity index (χ2n) is 7.37. The van der Waals surface area contributed by atoms with Crippen LogP contribution < -0.4 is 5.63 Å². The maximum absolute atomic E-state index is 12.3. The molecule has 0 aliphatic rings. The van der Waals surface area contributed by atoms with E-state index >= 15 is 0 Å². The zero-order valence-electron chi connectivity index (χ0n) is 17.1. The quantitative estimate of drug-likeness (QED) is 0.230. The van der Waals surface area contributed by atoms with Crippen LogP contribution in [0.3, 0.4) is 0 Å². The molecule has 1 heterocycles. The van der Waals surface area contributed by atoms with Gasteiger partial charge in [0.2, 0.25) is 0 Å². The molecule has 0 saturated carbocycles. The summed E-state index contributed by atoms with van der Waals surface area (Å²) in [4.78, 5) is 12.2. The summed E-state index contributed by atoms with van der Waals surface area (Å²) < 4.78 is 35.1. The van der Waals surface area contributed by atoms with Gasteiger partial charge in [0.25, 0.3) is 10.1 Å². The van der Waals surface area contributed by atoms with Gasteiger partial charge in [0.1, 0.15) is 5.58 Å². The van der Waals surface area contributed by atoms with Crippen LogP contribution in [0, 0.1) is 6.92 Å². The molecule has 0 saturated heterocycles. The van der Waals surface area contributed by atoms with Crippen LogP contribution in [-0.2, 0) is 20.7 Å². The van der Waals surface area contributed by atoms with E-state index in [-0.39, 0.29) is 11.5 Å². The maximum Gasteiger partial charge on any atom is 0.336 e. The third kappa shape index (κ3) is 4.93. The lowest BCUT2D eigenvalue weighted by molar-refractivity contribution is 0.312. The van der Waals surface area contributed by atoms with E-state index in [9.17, 15) is 13.2 Å². The van der Waals surface area contributed by atoms with Crippen LogP contribution in [0.4, 0.5) is 0 Å². The Kier molecular flexibility index (Phi) is 6.02. The van der Waals surface area contributed by atoms with Crippen LogP contribution in [0.5, 0.6) is 0 Å². The van der Waals surface area contributed by atoms with Crippen LogP contribution in [-0.4, -0.2) is 15.0 Å². The van der Waals surface area contributed by atoms with Crippen molar-refractivity contribution in [3.05, 3.63) is 100 Å². The molecular formula is C25H22O5S. The molecule has 4 rings (SSSR count). The Morgan fingerprint density at radius 1 is 0.903 bits per heavy atom. The maximum atomic E-state index is 12.3. The number of fused-ring (bicyclic) bond motifs is 1. The highest BCUT2D eigenvalue weighted by atomic mass is 32.2. The minimum Gasteiger partial charge on any atom is -0.423 e. The molecule has 0 radical (unpaired) electrons. The molecule has 4 aromatic rings. The molecule has 158 valence electrons. The van der Waals surface area contributed by atoms with Gasteiger partial charge in [-0.15, -0.1) is 0 Å². The van der Waals surface area contributed by atoms with Gasteiger partial charge in [-0.25, -0.2) is 4.79 Å². The summed E-state index contributed by atoms with van der Waals surface area (Å²) in [6.07, 6.45) is 1.11. The highest BCUT2D eigenvalue weighted by Gasteiger charge is 2.14. The van der Waals surface area contributed by atoms with Crippen molar-refractivity contribution in [1.29, 1.82) is 0 Å². The Balaban J connectivity index is 1.46. The Morgan fingerprint density at radius 2 is 1.65 bits per heavy atom. The molecule has 0 spiro atoms. The first kappa shape index (κ1) is 21.0. The van der Waals surface area contributed by atoms with Crippen LogP contribution in [0.25, 0.3) is 22.1 Å². The van der Waals surface area contributed by atoms with Crippen molar-refractivity contribution in [3.63, 3.8) is 0 Å². The lowest BCUT2D eigenvalue weighted by Gasteiger charge is -2.08. The minimum absolute atomic E-state index is 0.0717. The highest BCUT2D eigenvalue weighted by Crippen LogP contribution is 2.28. The molecule has 0 unspecified atom stereocenters. The van der Waals surface area contributed by atoms with Crippen molar-refractivity contribution in [3.8, 4) is 11.1 Å². The zero-order chi connectivity index (χ0) is 21.8. The predicted molar refractivity (Wildman–Crippen MR) is 121 cm³/mol. The summed E-state index contributed by atoms with van der Waals surface area (Å²) in [6, 6.07) is 23.5. The van der Waals surface area contributed by atoms with Crippen molar-refractivity contribution < 1.29 is 17.0 Å². The number of hydrogen-bond acceptors (Lipinski definition) is 5. The summed E-state index contributed by atoms with van der Waals surface area (Å²) in [6.45, 7) is 1.97. The van der Waals surface area contributed by atoms with Crippen LogP contribution in [0.2, 0.25) is 0 Å². The smallest absolute Gasteiger partial charge is 0.336 e. The summed E-state index contributed by atoms with van der Waals surface area (Å²) in [5.41, 5.74) is 3.80. The second kappa shape index (κ2) is 8.88. The van der Waals surface area contributed by atoms with E-state index in [2.05, 4.69) is 0 Å². The lowest BCUT2D eigenvalue weighted by atomic mass is 10.00. The van der Waals surface area contributed by atoms with E-state index in [0.717, 1.165) is 27.6 Å². The Morgan fingerprint density at radius 3 is 2.39 bits per heavy atom. The number of benzene rings is 3. The van der Waals surface area contributed by atoms with Crippen molar-refractivity contribution in [2.75, 3.05) is 6.61 Å². The summed E-state index contributed by atoms with van der Waals surface area (Å²) >= 11 is 0. The summed E-state index contributed by atoms with van der Waals surface area (Å²) in [7, 11) is -3.77. The number of rotatable bonds is 7. The molecule has 0 aliphatic carbocycles. The minimum atomic E-state index is -3.77. The SMILES string of the molecule is Cc1ccc(S(=O)(=O)OCCCc2ccc3c(-c4ccccc4)cc(=O)oc3c2)cc1. The van der Waals surface area contributed by atoms with Gasteiger partial charge in [0, 0.05) is 11.5 Å². The average molecular weight is 435 g/mol. The van der Waals surface area contributed by atoms with Gasteiger partial charge in [-0.05, 0) is 54.7 Å². The van der Waals surface area contributed by atoms with E-state index < -0.39 is 15.7 Å². The van der Waals surface area contributed by atoms with Gasteiger partial charge >= 0.3 is 5.63 Å². The van der Waals surface area contributed by atoms with Crippen LogP contribution in [0.15, 0.2) is 93.0 Å². The van der Waals surface area contributed by atoms with Crippen molar-refractivity contribution >= 4 is 21.1 Å². The molecule has 0 amide bonds. The van der Waals surface area contributed by atoms with Crippen LogP contribution >= 0.6 is 0 Å². The van der Waals surface area contributed by atoms with E-state index in [4.69, 9.17) is 8.60 Å². The first-order valence-electron chi connectivity index (χ1n) is 10.0. The van der Waals surface area contributed by atoms with Crippen molar-refractivity contribution in [1.82, 2.24) is 0 Å². The molecule has 0 aliphatic heterocycles. The van der Waals surface area contributed by atoms with E-state index in [1.165, 1.54) is 6.07 Å². The largest absolute Gasteiger partial charge is 0.423 e. The van der Waals surface area contributed by atoms with Gasteiger partial charge in [0.05, 0.1) is 11.5 Å². The first-order valence-corrected chi connectivity index (χ1v) is 11.4. The van der Waals surface area contributed by atoms with Gasteiger partial charge in [-0.3, -0.25) is 4.18 Å². The van der Waals surface area contributed by atoms with E-state index in [1.54, 1.807) is 24.3 Å². The molecular weight excluding hydrogens is 412 g/mol. The average Bonchev–Trinajstić information content (AvgIpc) is 2.77. The molecule has 0 bridgehead atoms. The normalized spacial score (nSPS) is 11.6. The summed E-state index contributed by atoms with van der Waals surface area (Å²) in [5, 5.41) is 0.854. The molecule has 6 heteroatoms. The Bertz CT molecular complexity index is 1350. The van der Waals surface area contributed by atoms with Gasteiger partial charge in [-0.2, -0.15) is 8.42 Å². The van der Waals surface area contributed by atoms with Crippen molar-refractivity contribution in [2.45, 2.75) is 24.7 Å². The summed E-state index contributed by atoms with van der Waals surface area (Å²) in [5.74, 6) is 0. The molecule has 0 fully saturated rings. The lowest BCUT2D eigenvalue weighted by Crippen LogP contribution is -2.08. The molecule has 1 aromatic heterocycles. The monoisotopic (exact) mass is 434 g/mol. The van der Waals surface area contributed by atoms with Gasteiger partial charge < -0.3 is 4.42 Å². The van der Waals surface area contributed by atoms with E-state index in [0.29, 0.717) is 18.4 Å². The highest BCUT2D eigenvalue weighted by molar-refractivity contribution is 7.86. The Hall–Kier alpha value is -3.22. The topological polar surface area (TPSA) is 73.6 Å².